The molecule has 3 N–H and O–H groups in total. The van der Waals surface area contributed by atoms with Gasteiger partial charge in [-0.05, 0) is 39.0 Å². The monoisotopic (exact) mass is 490 g/mol. The molecule has 1 aliphatic carbocycles. The van der Waals surface area contributed by atoms with Crippen LogP contribution < -0.4 is 21.7 Å². The Morgan fingerprint density at radius 1 is 1.23 bits per heavy atom. The third kappa shape index (κ3) is 4.44. The molecule has 0 amide bonds. The van der Waals surface area contributed by atoms with E-state index in [0.29, 0.717) is 28.6 Å². The summed E-state index contributed by atoms with van der Waals surface area (Å²) in [6.07, 6.45) is 5.85. The van der Waals surface area contributed by atoms with E-state index in [1.807, 2.05) is 4.52 Å². The topological polar surface area (TPSA) is 97.3 Å². The van der Waals surface area contributed by atoms with Gasteiger partial charge in [0, 0.05) is 65.7 Å². The Morgan fingerprint density at radius 2 is 2.03 bits per heavy atom. The zero-order chi connectivity index (χ0) is 24.1. The molecule has 6 rings (SSSR count). The van der Waals surface area contributed by atoms with Gasteiger partial charge in [-0.25, -0.2) is 4.98 Å². The number of nitrogens with zero attached hydrogens (tertiary/aromatic N) is 5. The van der Waals surface area contributed by atoms with Crippen LogP contribution in [0, 0.1) is 0 Å². The summed E-state index contributed by atoms with van der Waals surface area (Å²) >= 11 is 1.79. The van der Waals surface area contributed by atoms with Crippen molar-refractivity contribution in [1.82, 2.24) is 34.4 Å². The number of hydrogen-bond donors (Lipinski definition) is 3. The molecule has 2 fully saturated rings. The molecule has 9 nitrogen and oxygen atoms in total. The molecule has 4 aromatic heterocycles. The van der Waals surface area contributed by atoms with Crippen molar-refractivity contribution in [3.05, 3.63) is 55.3 Å². The van der Waals surface area contributed by atoms with E-state index in [0.717, 1.165) is 61.7 Å². The van der Waals surface area contributed by atoms with Crippen molar-refractivity contribution in [3.8, 4) is 11.3 Å². The number of likely N-dealkylation sites (N-methyl/N-ethyl adjacent to an activating group) is 1. The predicted molar refractivity (Wildman–Crippen MR) is 140 cm³/mol. The molecule has 1 aliphatic heterocycles. The number of fused-ring (bicyclic) bond motifs is 1. The second-order valence-corrected chi connectivity index (χ2v) is 10.6. The van der Waals surface area contributed by atoms with E-state index < -0.39 is 0 Å². The second kappa shape index (κ2) is 8.78. The number of thiophene rings is 1. The van der Waals surface area contributed by atoms with E-state index in [4.69, 9.17) is 4.98 Å². The minimum absolute atomic E-state index is 0.206. The number of H-pyrrole nitrogens is 2. The van der Waals surface area contributed by atoms with Crippen LogP contribution in [-0.2, 0) is 0 Å². The minimum Gasteiger partial charge on any atom is -0.367 e. The van der Waals surface area contributed by atoms with Gasteiger partial charge in [0.2, 0.25) is 0 Å². The lowest BCUT2D eigenvalue weighted by molar-refractivity contribution is 0.120. The Hall–Kier alpha value is -3.21. The maximum absolute atomic E-state index is 12.2. The van der Waals surface area contributed by atoms with Gasteiger partial charge in [0.25, 0.3) is 5.56 Å². The molecule has 5 heterocycles. The zero-order valence-electron chi connectivity index (χ0n) is 20.0. The average molecular weight is 491 g/mol. The van der Waals surface area contributed by atoms with Gasteiger partial charge in [0.05, 0.1) is 11.9 Å². The smallest absolute Gasteiger partial charge is 0.273 e. The first kappa shape index (κ1) is 22.3. The summed E-state index contributed by atoms with van der Waals surface area (Å²) in [6, 6.07) is 5.22. The normalized spacial score (nSPS) is 19.0. The number of imidazole rings is 1. The van der Waals surface area contributed by atoms with E-state index in [-0.39, 0.29) is 5.56 Å². The van der Waals surface area contributed by atoms with Crippen LogP contribution in [0.25, 0.3) is 29.6 Å². The van der Waals surface area contributed by atoms with Crippen LogP contribution >= 0.6 is 11.3 Å². The molecule has 4 aromatic rings. The molecule has 10 heteroatoms. The Balaban J connectivity index is 1.39. The van der Waals surface area contributed by atoms with E-state index >= 15 is 0 Å². The number of hydrogen-bond acceptors (Lipinski definition) is 7. The molecule has 0 spiro atoms. The first-order valence-electron chi connectivity index (χ1n) is 12.1. The van der Waals surface area contributed by atoms with Crippen molar-refractivity contribution in [1.29, 1.82) is 0 Å². The van der Waals surface area contributed by atoms with E-state index in [1.165, 1.54) is 4.88 Å². The molecule has 0 radical (unpaired) electrons. The van der Waals surface area contributed by atoms with Gasteiger partial charge in [-0.2, -0.15) is 9.61 Å². The van der Waals surface area contributed by atoms with Crippen LogP contribution in [0.15, 0.2) is 28.5 Å². The van der Waals surface area contributed by atoms with Crippen LogP contribution in [0.4, 0.5) is 5.82 Å². The number of nitrogens with one attached hydrogen (secondary N) is 3. The first-order valence-corrected chi connectivity index (χ1v) is 13.0. The molecular weight excluding hydrogens is 460 g/mol. The molecule has 35 heavy (non-hydrogen) atoms. The van der Waals surface area contributed by atoms with E-state index in [1.54, 1.807) is 23.6 Å². The summed E-state index contributed by atoms with van der Waals surface area (Å²) in [5.41, 5.74) is 3.77. The van der Waals surface area contributed by atoms with Crippen LogP contribution in [0.5, 0.6) is 0 Å². The minimum atomic E-state index is -0.206. The standard InChI is InChI=1S/C25H30N8OS/c1-15(32-8-6-31(3)7-9-32)22-11-18(14-35-22)20-12-23(29-19-4-5-19)33-24(30-20)17(13-26-33)10-21-25(34)28-16(2)27-21/h10-15,19,27,29H,2,4-9H2,1,3H3,(H,28,34)/b21-10-. The Kier molecular flexibility index (Phi) is 5.58. The molecule has 1 saturated heterocycles. The highest BCUT2D eigenvalue weighted by atomic mass is 32.1. The molecule has 2 aliphatic rings. The fourth-order valence-corrected chi connectivity index (χ4v) is 5.57. The van der Waals surface area contributed by atoms with Gasteiger partial charge < -0.3 is 20.2 Å². The highest BCUT2D eigenvalue weighted by Crippen LogP contribution is 2.34. The summed E-state index contributed by atoms with van der Waals surface area (Å²) in [5.74, 6) is 0.922. The summed E-state index contributed by atoms with van der Waals surface area (Å²) in [6.45, 7) is 10.5. The van der Waals surface area contributed by atoms with Crippen molar-refractivity contribution in [3.63, 3.8) is 0 Å². The van der Waals surface area contributed by atoms with Crippen LogP contribution in [-0.4, -0.2) is 73.6 Å². The highest BCUT2D eigenvalue weighted by molar-refractivity contribution is 7.10. The molecule has 1 atom stereocenters. The quantitative estimate of drug-likeness (QED) is 0.380. The molecule has 1 unspecified atom stereocenters. The Morgan fingerprint density at radius 3 is 2.74 bits per heavy atom. The molecule has 0 aromatic carbocycles. The number of aromatic amines is 2. The molecule has 1 saturated carbocycles. The zero-order valence-corrected chi connectivity index (χ0v) is 20.9. The first-order chi connectivity index (χ1) is 16.9. The van der Waals surface area contributed by atoms with Crippen molar-refractivity contribution < 1.29 is 0 Å². The summed E-state index contributed by atoms with van der Waals surface area (Å²) < 4.78 is 1.83. The fourth-order valence-electron chi connectivity index (χ4n) is 4.58. The Labute approximate surface area is 206 Å². The highest BCUT2D eigenvalue weighted by Gasteiger charge is 2.24. The largest absolute Gasteiger partial charge is 0.367 e. The summed E-state index contributed by atoms with van der Waals surface area (Å²) in [5, 5.41) is 10.8. The Bertz CT molecular complexity index is 1530. The number of aromatic nitrogens is 5. The number of piperazine rings is 1. The number of anilines is 1. The maximum atomic E-state index is 12.2. The van der Waals surface area contributed by atoms with Gasteiger partial charge in [0.1, 0.15) is 16.6 Å². The fraction of sp³-hybridized carbons (Fsp3) is 0.400. The second-order valence-electron chi connectivity index (χ2n) is 9.65. The molecular formula is C25H30N8OS. The van der Waals surface area contributed by atoms with Crippen LogP contribution in [0.3, 0.4) is 0 Å². The third-order valence-electron chi connectivity index (χ3n) is 6.94. The van der Waals surface area contributed by atoms with Gasteiger partial charge in [-0.1, -0.05) is 6.58 Å². The third-order valence-corrected chi connectivity index (χ3v) is 8.04. The van der Waals surface area contributed by atoms with Gasteiger partial charge in [0.15, 0.2) is 5.65 Å². The van der Waals surface area contributed by atoms with E-state index in [9.17, 15) is 4.79 Å². The summed E-state index contributed by atoms with van der Waals surface area (Å²) in [7, 11) is 2.19. The van der Waals surface area contributed by atoms with Crippen molar-refractivity contribution >= 4 is 35.5 Å². The van der Waals surface area contributed by atoms with Crippen molar-refractivity contribution in [2.75, 3.05) is 38.5 Å². The number of rotatable bonds is 6. The van der Waals surface area contributed by atoms with Gasteiger partial charge in [-0.3, -0.25) is 9.69 Å². The lowest BCUT2D eigenvalue weighted by Crippen LogP contribution is -2.45. The predicted octanol–water partition coefficient (Wildman–Crippen LogP) is 1.60. The van der Waals surface area contributed by atoms with Crippen molar-refractivity contribution in [2.24, 2.45) is 0 Å². The van der Waals surface area contributed by atoms with Crippen molar-refractivity contribution in [2.45, 2.75) is 31.8 Å². The van der Waals surface area contributed by atoms with Crippen LogP contribution in [0.2, 0.25) is 0 Å². The summed E-state index contributed by atoms with van der Waals surface area (Å²) in [4.78, 5) is 29.1. The average Bonchev–Trinajstić information content (AvgIpc) is 3.23. The molecule has 182 valence electrons. The molecule has 0 bridgehead atoms. The van der Waals surface area contributed by atoms with Crippen LogP contribution in [0.1, 0.15) is 36.2 Å². The van der Waals surface area contributed by atoms with Gasteiger partial charge >= 0.3 is 0 Å². The lowest BCUT2D eigenvalue weighted by atomic mass is 10.1. The maximum Gasteiger partial charge on any atom is 0.273 e. The SMILES string of the molecule is C=c1[nH]c(=O)/c(=C/c2cnn3c(NC4CC4)cc(-c4csc(C(C)N5CCN(C)CC5)c4)nc23)[nH]1. The van der Waals surface area contributed by atoms with E-state index in [2.05, 4.69) is 68.2 Å². The lowest BCUT2D eigenvalue weighted by Gasteiger charge is -2.36. The van der Waals surface area contributed by atoms with Gasteiger partial charge in [-0.15, -0.1) is 11.3 Å².